The van der Waals surface area contributed by atoms with Crippen LogP contribution < -0.4 is 4.90 Å². The highest BCUT2D eigenvalue weighted by Gasteiger charge is 2.20. The fourth-order valence-corrected chi connectivity index (χ4v) is 4.63. The van der Waals surface area contributed by atoms with Gasteiger partial charge in [-0.15, -0.1) is 0 Å². The molecular formula is C35H37NO5. The summed E-state index contributed by atoms with van der Waals surface area (Å²) < 4.78 is 5.69. The number of aryl methyl sites for hydroxylation is 3. The molecule has 0 aliphatic rings. The maximum absolute atomic E-state index is 13.3. The first-order valence-corrected chi connectivity index (χ1v) is 14.1. The molecule has 0 spiro atoms. The molecule has 0 heterocycles. The Morgan fingerprint density at radius 1 is 0.732 bits per heavy atom. The van der Waals surface area contributed by atoms with Gasteiger partial charge in [0.1, 0.15) is 17.9 Å². The average molecular weight is 552 g/mol. The predicted octanol–water partition coefficient (Wildman–Crippen LogP) is 6.97. The number of carboxylic acid groups (broad SMARTS) is 1. The minimum absolute atomic E-state index is 0.173. The standard InChI is InChI=1S/C35H37NO5/c1-2-3-7-26-10-12-27(13-11-26)14-15-28-16-18-29(19-17-28)23-36(31-20-21-33(37)32(22-31)35(39)40)34(38)25-41-24-30-8-5-4-6-9-30/h4-6,8-13,16-22,37H,2-3,7,14-15,23-25H2,1H3,(H,39,40). The van der Waals surface area contributed by atoms with Gasteiger partial charge in [-0.25, -0.2) is 4.79 Å². The molecule has 0 fully saturated rings. The summed E-state index contributed by atoms with van der Waals surface area (Å²) in [5, 5.41) is 19.5. The van der Waals surface area contributed by atoms with Gasteiger partial charge in [0.05, 0.1) is 13.2 Å². The third-order valence-corrected chi connectivity index (χ3v) is 7.07. The predicted molar refractivity (Wildman–Crippen MR) is 161 cm³/mol. The summed E-state index contributed by atoms with van der Waals surface area (Å²) >= 11 is 0. The molecule has 2 N–H and O–H groups in total. The number of aromatic hydroxyl groups is 1. The van der Waals surface area contributed by atoms with E-state index < -0.39 is 5.97 Å². The summed E-state index contributed by atoms with van der Waals surface area (Å²) in [6.45, 7) is 2.55. The van der Waals surface area contributed by atoms with Crippen molar-refractivity contribution in [2.45, 2.75) is 52.2 Å². The molecule has 0 bridgehead atoms. The van der Waals surface area contributed by atoms with E-state index in [1.165, 1.54) is 46.6 Å². The zero-order chi connectivity index (χ0) is 29.0. The lowest BCUT2D eigenvalue weighted by molar-refractivity contribution is -0.123. The smallest absolute Gasteiger partial charge is 0.339 e. The van der Waals surface area contributed by atoms with Gasteiger partial charge in [0, 0.05) is 5.69 Å². The number of aromatic carboxylic acids is 1. The van der Waals surface area contributed by atoms with Crippen LogP contribution in [0, 0.1) is 0 Å². The van der Waals surface area contributed by atoms with E-state index in [0.717, 1.165) is 30.4 Å². The number of unbranched alkanes of at least 4 members (excludes halogenated alkanes) is 1. The van der Waals surface area contributed by atoms with E-state index in [2.05, 4.69) is 43.3 Å². The van der Waals surface area contributed by atoms with E-state index >= 15 is 0 Å². The highest BCUT2D eigenvalue weighted by molar-refractivity contribution is 5.97. The number of hydrogen-bond acceptors (Lipinski definition) is 4. The molecule has 6 heteroatoms. The number of amides is 1. The quantitative estimate of drug-likeness (QED) is 0.177. The topological polar surface area (TPSA) is 87.1 Å². The summed E-state index contributed by atoms with van der Waals surface area (Å²) in [5.74, 6) is -1.93. The highest BCUT2D eigenvalue weighted by atomic mass is 16.5. The number of ether oxygens (including phenoxy) is 1. The van der Waals surface area contributed by atoms with Gasteiger partial charge in [0.2, 0.25) is 0 Å². The van der Waals surface area contributed by atoms with Gasteiger partial charge in [-0.2, -0.15) is 0 Å². The second-order valence-corrected chi connectivity index (χ2v) is 10.2. The van der Waals surface area contributed by atoms with Crippen LogP contribution in [-0.2, 0) is 41.9 Å². The minimum Gasteiger partial charge on any atom is -0.507 e. The molecule has 4 aromatic rings. The molecule has 0 aliphatic heterocycles. The monoisotopic (exact) mass is 551 g/mol. The molecule has 4 aromatic carbocycles. The third kappa shape index (κ3) is 8.78. The number of anilines is 1. The number of carbonyl (C=O) groups is 2. The fourth-order valence-electron chi connectivity index (χ4n) is 4.63. The first-order valence-electron chi connectivity index (χ1n) is 14.1. The summed E-state index contributed by atoms with van der Waals surface area (Å²) in [4.78, 5) is 26.4. The lowest BCUT2D eigenvalue weighted by Crippen LogP contribution is -2.33. The zero-order valence-electron chi connectivity index (χ0n) is 23.5. The minimum atomic E-state index is -1.27. The Bertz CT molecular complexity index is 1420. The van der Waals surface area contributed by atoms with Crippen LogP contribution in [-0.4, -0.2) is 28.7 Å². The molecule has 0 aliphatic carbocycles. The van der Waals surface area contributed by atoms with Crippen molar-refractivity contribution < 1.29 is 24.5 Å². The van der Waals surface area contributed by atoms with Gasteiger partial charge in [-0.3, -0.25) is 4.79 Å². The van der Waals surface area contributed by atoms with Gasteiger partial charge in [-0.1, -0.05) is 92.2 Å². The Morgan fingerprint density at radius 3 is 1.90 bits per heavy atom. The van der Waals surface area contributed by atoms with Gasteiger partial charge in [0.15, 0.2) is 0 Å². The number of rotatable bonds is 14. The summed E-state index contributed by atoms with van der Waals surface area (Å²) in [6.07, 6.45) is 5.39. The number of carbonyl (C=O) groups excluding carboxylic acids is 1. The van der Waals surface area contributed by atoms with Crippen molar-refractivity contribution in [2.75, 3.05) is 11.5 Å². The SMILES string of the molecule is CCCCc1ccc(CCc2ccc(CN(C(=O)COCc3ccccc3)c3ccc(O)c(C(=O)O)c3)cc2)cc1. The Morgan fingerprint density at radius 2 is 1.32 bits per heavy atom. The van der Waals surface area contributed by atoms with Gasteiger partial charge in [0.25, 0.3) is 5.91 Å². The van der Waals surface area contributed by atoms with Gasteiger partial charge >= 0.3 is 5.97 Å². The Balaban J connectivity index is 1.43. The van der Waals surface area contributed by atoms with Crippen LogP contribution in [0.4, 0.5) is 5.69 Å². The molecule has 0 saturated heterocycles. The Labute approximate surface area is 241 Å². The van der Waals surface area contributed by atoms with E-state index in [1.807, 2.05) is 42.5 Å². The lowest BCUT2D eigenvalue weighted by Gasteiger charge is -2.24. The van der Waals surface area contributed by atoms with Crippen molar-refractivity contribution in [1.29, 1.82) is 0 Å². The molecule has 1 amide bonds. The van der Waals surface area contributed by atoms with Crippen LogP contribution in [0.3, 0.4) is 0 Å². The number of hydrogen-bond donors (Lipinski definition) is 2. The third-order valence-electron chi connectivity index (χ3n) is 7.07. The molecule has 0 saturated carbocycles. The van der Waals surface area contributed by atoms with Crippen LogP contribution in [0.15, 0.2) is 97.1 Å². The highest BCUT2D eigenvalue weighted by Crippen LogP contribution is 2.26. The van der Waals surface area contributed by atoms with Crippen LogP contribution >= 0.6 is 0 Å². The Hall–Kier alpha value is -4.42. The second kappa shape index (κ2) is 14.8. The maximum Gasteiger partial charge on any atom is 0.339 e. The first-order chi connectivity index (χ1) is 19.9. The molecule has 0 radical (unpaired) electrons. The van der Waals surface area contributed by atoms with Crippen molar-refractivity contribution >= 4 is 17.6 Å². The van der Waals surface area contributed by atoms with E-state index in [4.69, 9.17) is 4.74 Å². The maximum atomic E-state index is 13.3. The van der Waals surface area contributed by atoms with Crippen molar-refractivity contribution in [3.63, 3.8) is 0 Å². The number of benzene rings is 4. The van der Waals surface area contributed by atoms with Gasteiger partial charge < -0.3 is 19.8 Å². The van der Waals surface area contributed by atoms with E-state index in [-0.39, 0.29) is 37.0 Å². The second-order valence-electron chi connectivity index (χ2n) is 10.2. The van der Waals surface area contributed by atoms with Crippen LogP contribution in [0.25, 0.3) is 0 Å². The van der Waals surface area contributed by atoms with E-state index in [1.54, 1.807) is 6.07 Å². The lowest BCUT2D eigenvalue weighted by atomic mass is 10.0. The largest absolute Gasteiger partial charge is 0.507 e. The molecule has 4 rings (SSSR count). The Kier molecular flexibility index (Phi) is 10.7. The van der Waals surface area contributed by atoms with Crippen LogP contribution in [0.5, 0.6) is 5.75 Å². The van der Waals surface area contributed by atoms with Crippen molar-refractivity contribution in [2.24, 2.45) is 0 Å². The average Bonchev–Trinajstić information content (AvgIpc) is 2.99. The van der Waals surface area contributed by atoms with Crippen LogP contribution in [0.1, 0.15) is 57.9 Å². The number of phenols is 1. The normalized spacial score (nSPS) is 10.9. The molecule has 0 aromatic heterocycles. The van der Waals surface area contributed by atoms with Crippen LogP contribution in [0.2, 0.25) is 0 Å². The van der Waals surface area contributed by atoms with Gasteiger partial charge in [-0.05, 0) is 71.7 Å². The van der Waals surface area contributed by atoms with E-state index in [9.17, 15) is 19.8 Å². The van der Waals surface area contributed by atoms with Crippen molar-refractivity contribution in [3.8, 4) is 5.75 Å². The van der Waals surface area contributed by atoms with Crippen molar-refractivity contribution in [3.05, 3.63) is 130 Å². The molecule has 212 valence electrons. The van der Waals surface area contributed by atoms with Crippen molar-refractivity contribution in [1.82, 2.24) is 0 Å². The first kappa shape index (κ1) is 29.6. The molecule has 41 heavy (non-hydrogen) atoms. The summed E-state index contributed by atoms with van der Waals surface area (Å²) in [7, 11) is 0. The molecule has 6 nitrogen and oxygen atoms in total. The summed E-state index contributed by atoms with van der Waals surface area (Å²) in [6, 6.07) is 30.7. The summed E-state index contributed by atoms with van der Waals surface area (Å²) in [5.41, 5.74) is 5.85. The molecule has 0 atom stereocenters. The molecular weight excluding hydrogens is 514 g/mol. The molecule has 0 unspecified atom stereocenters. The van der Waals surface area contributed by atoms with E-state index in [0.29, 0.717) is 5.69 Å². The number of carboxylic acids is 1. The number of nitrogens with zero attached hydrogens (tertiary/aromatic N) is 1. The fraction of sp³-hybridized carbons (Fsp3) is 0.257. The zero-order valence-corrected chi connectivity index (χ0v) is 23.5.